The van der Waals surface area contributed by atoms with Gasteiger partial charge in [0.05, 0.1) is 23.2 Å². The topological polar surface area (TPSA) is 83.8 Å². The van der Waals surface area contributed by atoms with Gasteiger partial charge in [-0.1, -0.05) is 31.0 Å². The number of para-hydroxylation sites is 1. The van der Waals surface area contributed by atoms with Crippen molar-refractivity contribution in [3.8, 4) is 0 Å². The first-order chi connectivity index (χ1) is 9.72. The summed E-state index contributed by atoms with van der Waals surface area (Å²) in [6, 6.07) is 7.81. The second-order valence-electron chi connectivity index (χ2n) is 5.64. The minimum atomic E-state index is -0.188. The van der Waals surface area contributed by atoms with Gasteiger partial charge in [0, 0.05) is 11.9 Å². The largest absolute Gasteiger partial charge is 0.349 e. The molecule has 1 fully saturated rings. The number of hydrogen-bond donors (Lipinski definition) is 3. The zero-order valence-corrected chi connectivity index (χ0v) is 12.7. The van der Waals surface area contributed by atoms with Gasteiger partial charge in [-0.05, 0) is 18.9 Å². The average molecular weight is 309 g/mol. The maximum Gasteiger partial charge on any atom is 0.226 e. The number of H-pyrrole nitrogens is 1. The Morgan fingerprint density at radius 2 is 2.05 bits per heavy atom. The average Bonchev–Trinajstić information content (AvgIpc) is 3.07. The van der Waals surface area contributed by atoms with Gasteiger partial charge in [-0.25, -0.2) is 0 Å². The molecular weight excluding hydrogens is 288 g/mol. The first-order valence-electron chi connectivity index (χ1n) is 7.15. The fourth-order valence-corrected chi connectivity index (χ4v) is 3.08. The molecule has 2 aromatic rings. The molecule has 0 aliphatic heterocycles. The van der Waals surface area contributed by atoms with Crippen molar-refractivity contribution in [3.05, 3.63) is 30.0 Å². The fraction of sp³-hybridized carbons (Fsp3) is 0.467. The van der Waals surface area contributed by atoms with Gasteiger partial charge in [-0.15, -0.1) is 12.4 Å². The van der Waals surface area contributed by atoms with Crippen LogP contribution in [0.1, 0.15) is 31.4 Å². The molecule has 1 aromatic heterocycles. The van der Waals surface area contributed by atoms with Crippen LogP contribution in [0.25, 0.3) is 10.9 Å². The number of benzene rings is 1. The van der Waals surface area contributed by atoms with Gasteiger partial charge in [0.25, 0.3) is 0 Å². The lowest BCUT2D eigenvalue weighted by atomic mass is 9.97. The van der Waals surface area contributed by atoms with Crippen LogP contribution in [-0.4, -0.2) is 28.2 Å². The Morgan fingerprint density at radius 1 is 1.33 bits per heavy atom. The van der Waals surface area contributed by atoms with Crippen LogP contribution in [0.3, 0.4) is 0 Å². The monoisotopic (exact) mass is 308 g/mol. The highest BCUT2D eigenvalue weighted by atomic mass is 35.5. The number of nitrogens with one attached hydrogen (secondary N) is 2. The lowest BCUT2D eigenvalue weighted by molar-refractivity contribution is -0.122. The third-order valence-corrected chi connectivity index (χ3v) is 4.23. The van der Waals surface area contributed by atoms with Crippen LogP contribution in [0, 0.1) is 0 Å². The molecule has 0 bridgehead atoms. The van der Waals surface area contributed by atoms with E-state index in [0.717, 1.165) is 42.3 Å². The number of carbonyl (C=O) groups is 1. The van der Waals surface area contributed by atoms with E-state index in [4.69, 9.17) is 5.73 Å². The molecule has 6 heteroatoms. The standard InChI is InChI=1S/C15H20N4O.ClH/c16-10-15(7-3-4-8-15)17-14(20)9-13-11-5-1-2-6-12(11)18-19-13;/h1-2,5-6H,3-4,7-10,16H2,(H,17,20)(H,18,19);1H. The van der Waals surface area contributed by atoms with E-state index in [1.54, 1.807) is 0 Å². The maximum atomic E-state index is 12.3. The molecule has 114 valence electrons. The van der Waals surface area contributed by atoms with Gasteiger partial charge in [0.1, 0.15) is 0 Å². The van der Waals surface area contributed by atoms with Crippen molar-refractivity contribution in [1.82, 2.24) is 15.5 Å². The summed E-state index contributed by atoms with van der Waals surface area (Å²) in [6.07, 6.45) is 4.58. The number of nitrogens with zero attached hydrogens (tertiary/aromatic N) is 1. The Morgan fingerprint density at radius 3 is 2.76 bits per heavy atom. The summed E-state index contributed by atoms with van der Waals surface area (Å²) in [6.45, 7) is 0.516. The molecule has 5 nitrogen and oxygen atoms in total. The van der Waals surface area contributed by atoms with E-state index in [1.807, 2.05) is 24.3 Å². The SMILES string of the molecule is Cl.NCC1(NC(=O)Cc2[nH]nc3ccccc23)CCCC1. The van der Waals surface area contributed by atoms with Gasteiger partial charge in [0.2, 0.25) is 5.91 Å². The van der Waals surface area contributed by atoms with Crippen molar-refractivity contribution in [2.45, 2.75) is 37.6 Å². The Balaban J connectivity index is 0.00000161. The number of halogens is 1. The smallest absolute Gasteiger partial charge is 0.226 e. The quantitative estimate of drug-likeness (QED) is 0.807. The van der Waals surface area contributed by atoms with Crippen LogP contribution in [-0.2, 0) is 11.2 Å². The molecule has 0 atom stereocenters. The second kappa shape index (κ2) is 6.45. The molecule has 0 radical (unpaired) electrons. The van der Waals surface area contributed by atoms with E-state index < -0.39 is 0 Å². The molecule has 0 unspecified atom stereocenters. The van der Waals surface area contributed by atoms with Gasteiger partial charge in [-0.2, -0.15) is 5.10 Å². The van der Waals surface area contributed by atoms with E-state index in [9.17, 15) is 4.79 Å². The van der Waals surface area contributed by atoms with Crippen LogP contribution in [0.2, 0.25) is 0 Å². The molecule has 21 heavy (non-hydrogen) atoms. The number of hydrogen-bond acceptors (Lipinski definition) is 3. The third kappa shape index (κ3) is 3.19. The van der Waals surface area contributed by atoms with Crippen molar-refractivity contribution < 1.29 is 4.79 Å². The first-order valence-corrected chi connectivity index (χ1v) is 7.15. The van der Waals surface area contributed by atoms with E-state index in [0.29, 0.717) is 13.0 Å². The van der Waals surface area contributed by atoms with Crippen LogP contribution >= 0.6 is 12.4 Å². The summed E-state index contributed by atoms with van der Waals surface area (Å²) in [7, 11) is 0. The van der Waals surface area contributed by atoms with Crippen LogP contribution in [0.15, 0.2) is 24.3 Å². The summed E-state index contributed by atoms with van der Waals surface area (Å²) < 4.78 is 0. The van der Waals surface area contributed by atoms with Crippen LogP contribution in [0.5, 0.6) is 0 Å². The summed E-state index contributed by atoms with van der Waals surface area (Å²) in [5, 5.41) is 11.3. The predicted molar refractivity (Wildman–Crippen MR) is 85.4 cm³/mol. The summed E-state index contributed by atoms with van der Waals surface area (Å²) in [5.74, 6) is 0.0201. The number of fused-ring (bicyclic) bond motifs is 1. The van der Waals surface area contributed by atoms with Gasteiger partial charge >= 0.3 is 0 Å². The second-order valence-corrected chi connectivity index (χ2v) is 5.64. The molecule has 1 aromatic carbocycles. The molecule has 1 aliphatic rings. The van der Waals surface area contributed by atoms with Crippen molar-refractivity contribution in [2.24, 2.45) is 5.73 Å². The van der Waals surface area contributed by atoms with E-state index in [1.165, 1.54) is 0 Å². The molecule has 3 rings (SSSR count). The van der Waals surface area contributed by atoms with Gasteiger partial charge in [-0.3, -0.25) is 9.89 Å². The van der Waals surface area contributed by atoms with Crippen LogP contribution < -0.4 is 11.1 Å². The number of amides is 1. The van der Waals surface area contributed by atoms with E-state index >= 15 is 0 Å². The highest BCUT2D eigenvalue weighted by Crippen LogP contribution is 2.28. The number of nitrogens with two attached hydrogens (primary N) is 1. The molecule has 4 N–H and O–H groups in total. The number of aromatic nitrogens is 2. The Bertz CT molecular complexity index is 619. The van der Waals surface area contributed by atoms with Crippen molar-refractivity contribution in [1.29, 1.82) is 0 Å². The van der Waals surface area contributed by atoms with E-state index in [-0.39, 0.29) is 23.9 Å². The van der Waals surface area contributed by atoms with Crippen LogP contribution in [0.4, 0.5) is 0 Å². The normalized spacial score (nSPS) is 16.6. The summed E-state index contributed by atoms with van der Waals surface area (Å²) >= 11 is 0. The van der Waals surface area contributed by atoms with Gasteiger partial charge in [0.15, 0.2) is 0 Å². The number of carbonyl (C=O) groups excluding carboxylic acids is 1. The highest BCUT2D eigenvalue weighted by Gasteiger charge is 2.33. The van der Waals surface area contributed by atoms with Crippen molar-refractivity contribution >= 4 is 29.2 Å². The van der Waals surface area contributed by atoms with E-state index in [2.05, 4.69) is 15.5 Å². The summed E-state index contributed by atoms with van der Waals surface area (Å²) in [4.78, 5) is 12.3. The zero-order valence-electron chi connectivity index (χ0n) is 11.9. The fourth-order valence-electron chi connectivity index (χ4n) is 3.08. The minimum Gasteiger partial charge on any atom is -0.349 e. The number of aromatic amines is 1. The first kappa shape index (κ1) is 15.8. The molecule has 1 heterocycles. The van der Waals surface area contributed by atoms with Crippen molar-refractivity contribution in [3.63, 3.8) is 0 Å². The number of rotatable bonds is 4. The molecule has 1 aliphatic carbocycles. The highest BCUT2D eigenvalue weighted by molar-refractivity contribution is 5.87. The Labute approximate surface area is 130 Å². The lowest BCUT2D eigenvalue weighted by Crippen LogP contribution is -2.52. The molecule has 1 saturated carbocycles. The Hall–Kier alpha value is -1.59. The molecular formula is C15H21ClN4O. The third-order valence-electron chi connectivity index (χ3n) is 4.23. The molecule has 1 amide bonds. The maximum absolute atomic E-state index is 12.3. The molecule has 0 spiro atoms. The lowest BCUT2D eigenvalue weighted by Gasteiger charge is -2.28. The molecule has 0 saturated heterocycles. The zero-order chi connectivity index (χ0) is 14.0. The summed E-state index contributed by atoms with van der Waals surface area (Å²) in [5.41, 5.74) is 7.42. The Kier molecular flexibility index (Phi) is 4.85. The predicted octanol–water partition coefficient (Wildman–Crippen LogP) is 1.91. The van der Waals surface area contributed by atoms with Crippen molar-refractivity contribution in [2.75, 3.05) is 6.54 Å². The van der Waals surface area contributed by atoms with Gasteiger partial charge < -0.3 is 11.1 Å². The minimum absolute atomic E-state index is 0.